The molecule has 0 saturated carbocycles. The highest BCUT2D eigenvalue weighted by atomic mass is 35.5. The minimum atomic E-state index is -0.922. The van der Waals surface area contributed by atoms with E-state index in [-0.39, 0.29) is 11.7 Å². The zero-order valence-corrected chi connectivity index (χ0v) is 21.5. The molecule has 0 radical (unpaired) electrons. The molecule has 3 heterocycles. The summed E-state index contributed by atoms with van der Waals surface area (Å²) in [7, 11) is 0. The van der Waals surface area contributed by atoms with Crippen LogP contribution in [0.25, 0.3) is 0 Å². The van der Waals surface area contributed by atoms with E-state index >= 15 is 0 Å². The average molecular weight is 528 g/mol. The van der Waals surface area contributed by atoms with Gasteiger partial charge in [-0.2, -0.15) is 5.10 Å². The van der Waals surface area contributed by atoms with Crippen LogP contribution in [-0.4, -0.2) is 41.5 Å². The molecule has 3 aromatic carbocycles. The van der Waals surface area contributed by atoms with Crippen molar-refractivity contribution in [2.75, 3.05) is 11.5 Å². The Morgan fingerprint density at radius 1 is 0.947 bits per heavy atom. The Kier molecular flexibility index (Phi) is 6.24. The Labute approximate surface area is 225 Å². The summed E-state index contributed by atoms with van der Waals surface area (Å²) in [4.78, 5) is 43.0. The monoisotopic (exact) mass is 527 g/mol. The van der Waals surface area contributed by atoms with Gasteiger partial charge in [-0.15, -0.1) is 0 Å². The van der Waals surface area contributed by atoms with Crippen LogP contribution in [0, 0.1) is 11.8 Å². The molecular formula is C30H26ClN3O4. The van der Waals surface area contributed by atoms with Crippen LogP contribution >= 0.6 is 11.6 Å². The number of unbranched alkanes of at least 4 members (excludes halogenated alkanes) is 1. The summed E-state index contributed by atoms with van der Waals surface area (Å²) in [6.07, 6.45) is 3.66. The van der Waals surface area contributed by atoms with Crippen molar-refractivity contribution in [1.82, 2.24) is 5.01 Å². The minimum Gasteiger partial charge on any atom is -0.494 e. The van der Waals surface area contributed by atoms with Crippen molar-refractivity contribution in [2.45, 2.75) is 31.8 Å². The van der Waals surface area contributed by atoms with E-state index in [9.17, 15) is 14.4 Å². The van der Waals surface area contributed by atoms with Crippen molar-refractivity contribution in [1.29, 1.82) is 0 Å². The summed E-state index contributed by atoms with van der Waals surface area (Å²) in [6.45, 7) is 2.70. The largest absolute Gasteiger partial charge is 0.494 e. The van der Waals surface area contributed by atoms with Crippen LogP contribution < -0.4 is 9.64 Å². The number of anilines is 1. The third-order valence-corrected chi connectivity index (χ3v) is 7.80. The molecule has 3 aliphatic rings. The number of hydrogen-bond donors (Lipinski definition) is 0. The van der Waals surface area contributed by atoms with Crippen LogP contribution in [0.5, 0.6) is 5.75 Å². The standard InChI is InChI=1S/C30H26ClN3O4/c1-2-3-16-38-22-14-12-21(13-15-22)33-29(36)24-25(30(33)37)27(28(35)18-8-10-20(31)11-9-18)34-26(24)23-7-5-4-6-19(23)17-32-34/h4-15,17,24-27H,2-3,16H2,1H3/t24-,25+,26+,27+/m0/s1. The second-order valence-electron chi connectivity index (χ2n) is 9.77. The maximum atomic E-state index is 14.0. The Hall–Kier alpha value is -3.97. The van der Waals surface area contributed by atoms with Gasteiger partial charge in [-0.25, -0.2) is 4.90 Å². The Balaban J connectivity index is 1.39. The van der Waals surface area contributed by atoms with E-state index in [0.29, 0.717) is 28.6 Å². The van der Waals surface area contributed by atoms with Crippen LogP contribution in [0.3, 0.4) is 0 Å². The molecule has 4 atom stereocenters. The van der Waals surface area contributed by atoms with E-state index in [1.54, 1.807) is 59.8 Å². The van der Waals surface area contributed by atoms with Crippen LogP contribution in [0.4, 0.5) is 5.69 Å². The molecule has 2 fully saturated rings. The summed E-state index contributed by atoms with van der Waals surface area (Å²) in [5.74, 6) is -1.93. The van der Waals surface area contributed by atoms with Crippen molar-refractivity contribution in [3.8, 4) is 5.75 Å². The molecular weight excluding hydrogens is 502 g/mol. The number of benzene rings is 3. The maximum Gasteiger partial charge on any atom is 0.240 e. The number of amides is 2. The van der Waals surface area contributed by atoms with Gasteiger partial charge in [-0.05, 0) is 66.1 Å². The number of fused-ring (bicyclic) bond motifs is 5. The molecule has 0 aliphatic carbocycles. The molecule has 2 amide bonds. The number of hydrogen-bond acceptors (Lipinski definition) is 6. The highest BCUT2D eigenvalue weighted by Gasteiger charge is 2.65. The predicted octanol–water partition coefficient (Wildman–Crippen LogP) is 5.28. The Morgan fingerprint density at radius 3 is 2.39 bits per heavy atom. The summed E-state index contributed by atoms with van der Waals surface area (Å²) >= 11 is 6.05. The molecule has 38 heavy (non-hydrogen) atoms. The van der Waals surface area contributed by atoms with Gasteiger partial charge in [0.1, 0.15) is 11.8 Å². The molecule has 8 heteroatoms. The lowest BCUT2D eigenvalue weighted by Gasteiger charge is -2.33. The summed E-state index contributed by atoms with van der Waals surface area (Å²) in [5, 5.41) is 6.76. The van der Waals surface area contributed by atoms with Gasteiger partial charge in [0.2, 0.25) is 11.8 Å². The normalized spacial score (nSPS) is 23.3. The number of hydrazone groups is 1. The number of ketones is 1. The van der Waals surface area contributed by atoms with Gasteiger partial charge >= 0.3 is 0 Å². The lowest BCUT2D eigenvalue weighted by molar-refractivity contribution is -0.124. The third kappa shape index (κ3) is 3.89. The molecule has 192 valence electrons. The first-order valence-corrected chi connectivity index (χ1v) is 13.2. The summed E-state index contributed by atoms with van der Waals surface area (Å²) in [5.41, 5.74) is 2.64. The molecule has 2 saturated heterocycles. The first kappa shape index (κ1) is 24.4. The van der Waals surface area contributed by atoms with Gasteiger partial charge in [-0.1, -0.05) is 49.2 Å². The van der Waals surface area contributed by atoms with Crippen LogP contribution in [0.1, 0.15) is 47.3 Å². The number of carbonyl (C=O) groups excluding carboxylic acids is 3. The number of rotatable bonds is 7. The van der Waals surface area contributed by atoms with Gasteiger partial charge in [0, 0.05) is 10.6 Å². The zero-order chi connectivity index (χ0) is 26.4. The quantitative estimate of drug-likeness (QED) is 0.237. The number of nitrogens with zero attached hydrogens (tertiary/aromatic N) is 3. The molecule has 3 aromatic rings. The Morgan fingerprint density at radius 2 is 1.66 bits per heavy atom. The molecule has 0 bridgehead atoms. The molecule has 0 aromatic heterocycles. The fourth-order valence-corrected chi connectivity index (χ4v) is 5.86. The van der Waals surface area contributed by atoms with Gasteiger partial charge in [0.25, 0.3) is 0 Å². The number of halogens is 1. The highest BCUT2D eigenvalue weighted by Crippen LogP contribution is 2.53. The van der Waals surface area contributed by atoms with E-state index < -0.39 is 29.8 Å². The van der Waals surface area contributed by atoms with Crippen LogP contribution in [-0.2, 0) is 9.59 Å². The van der Waals surface area contributed by atoms with Crippen molar-refractivity contribution in [3.63, 3.8) is 0 Å². The predicted molar refractivity (Wildman–Crippen MR) is 145 cm³/mol. The third-order valence-electron chi connectivity index (χ3n) is 7.55. The van der Waals surface area contributed by atoms with E-state index in [0.717, 1.165) is 24.0 Å². The Bertz CT molecular complexity index is 1440. The topological polar surface area (TPSA) is 79.3 Å². The highest BCUT2D eigenvalue weighted by molar-refractivity contribution is 6.30. The zero-order valence-electron chi connectivity index (χ0n) is 20.8. The van der Waals surface area contributed by atoms with E-state index in [1.165, 1.54) is 4.90 Å². The number of imide groups is 1. The number of carbonyl (C=O) groups is 3. The van der Waals surface area contributed by atoms with E-state index in [4.69, 9.17) is 16.3 Å². The lowest BCUT2D eigenvalue weighted by atomic mass is 9.83. The van der Waals surface area contributed by atoms with Gasteiger partial charge < -0.3 is 4.74 Å². The number of ether oxygens (including phenoxy) is 1. The van der Waals surface area contributed by atoms with Gasteiger partial charge in [-0.3, -0.25) is 19.4 Å². The van der Waals surface area contributed by atoms with Crippen LogP contribution in [0.15, 0.2) is 77.9 Å². The first-order chi connectivity index (χ1) is 18.5. The second-order valence-corrected chi connectivity index (χ2v) is 10.2. The maximum absolute atomic E-state index is 14.0. The first-order valence-electron chi connectivity index (χ1n) is 12.8. The van der Waals surface area contributed by atoms with E-state index in [1.807, 2.05) is 24.3 Å². The second kappa shape index (κ2) is 9.72. The van der Waals surface area contributed by atoms with E-state index in [2.05, 4.69) is 12.0 Å². The van der Waals surface area contributed by atoms with Gasteiger partial charge in [0.15, 0.2) is 5.78 Å². The lowest BCUT2D eigenvalue weighted by Crippen LogP contribution is -2.44. The van der Waals surface area contributed by atoms with Gasteiger partial charge in [0.05, 0.1) is 36.4 Å². The van der Waals surface area contributed by atoms with Crippen molar-refractivity contribution in [3.05, 3.63) is 94.5 Å². The molecule has 3 aliphatic heterocycles. The van der Waals surface area contributed by atoms with Crippen molar-refractivity contribution >= 4 is 41.1 Å². The summed E-state index contributed by atoms with van der Waals surface area (Å²) in [6, 6.07) is 19.8. The molecule has 6 rings (SSSR count). The number of Topliss-reactive ketones (excluding diaryl/α,β-unsaturated/α-hetero) is 1. The average Bonchev–Trinajstić information content (AvgIpc) is 3.41. The molecule has 0 N–H and O–H groups in total. The fraction of sp³-hybridized carbons (Fsp3) is 0.267. The van der Waals surface area contributed by atoms with Crippen molar-refractivity contribution < 1.29 is 19.1 Å². The molecule has 7 nitrogen and oxygen atoms in total. The van der Waals surface area contributed by atoms with Crippen molar-refractivity contribution in [2.24, 2.45) is 16.9 Å². The fourth-order valence-electron chi connectivity index (χ4n) is 5.73. The SMILES string of the molecule is CCCCOc1ccc(N2C(=O)[C@@H]3[C@H](C2=O)[C@H]2c4ccccc4C=NN2[C@H]3C(=O)c2ccc(Cl)cc2)cc1. The smallest absolute Gasteiger partial charge is 0.240 e. The molecule has 0 spiro atoms. The summed E-state index contributed by atoms with van der Waals surface area (Å²) < 4.78 is 5.74. The molecule has 0 unspecified atom stereocenters. The minimum absolute atomic E-state index is 0.265. The van der Waals surface area contributed by atoms with Crippen LogP contribution in [0.2, 0.25) is 5.02 Å².